The lowest BCUT2D eigenvalue weighted by atomic mass is 10.2. The molecule has 0 aliphatic carbocycles. The molecule has 2 N–H and O–H groups in total. The fourth-order valence-corrected chi connectivity index (χ4v) is 1.94. The van der Waals surface area contributed by atoms with E-state index in [-0.39, 0.29) is 18.4 Å². The molecule has 1 aromatic rings. The van der Waals surface area contributed by atoms with Gasteiger partial charge >= 0.3 is 6.03 Å². The van der Waals surface area contributed by atoms with Gasteiger partial charge in [-0.3, -0.25) is 10.1 Å². The van der Waals surface area contributed by atoms with Crippen LogP contribution in [0.25, 0.3) is 0 Å². The Bertz CT molecular complexity index is 462. The van der Waals surface area contributed by atoms with Gasteiger partial charge in [0.15, 0.2) is 0 Å². The van der Waals surface area contributed by atoms with Crippen molar-refractivity contribution < 1.29 is 9.59 Å². The Morgan fingerprint density at radius 3 is 2.58 bits per heavy atom. The second-order valence-corrected chi connectivity index (χ2v) is 4.44. The highest BCUT2D eigenvalue weighted by Gasteiger charge is 2.18. The highest BCUT2D eigenvalue weighted by molar-refractivity contribution is 6.31. The molecule has 104 valence electrons. The van der Waals surface area contributed by atoms with Crippen molar-refractivity contribution >= 4 is 35.9 Å². The van der Waals surface area contributed by atoms with Crippen molar-refractivity contribution in [3.63, 3.8) is 0 Å². The summed E-state index contributed by atoms with van der Waals surface area (Å²) in [6, 6.07) is 6.14. The fourth-order valence-electron chi connectivity index (χ4n) is 1.75. The van der Waals surface area contributed by atoms with Crippen molar-refractivity contribution in [1.82, 2.24) is 15.5 Å². The largest absolute Gasteiger partial charge is 0.324 e. The number of nitrogens with zero attached hydrogens (tertiary/aromatic N) is 1. The number of amides is 3. The number of carbonyl (C=O) groups is 2. The number of rotatable bonds is 1. The normalized spacial score (nSPS) is 14.5. The van der Waals surface area contributed by atoms with E-state index in [2.05, 4.69) is 10.6 Å². The van der Waals surface area contributed by atoms with E-state index in [1.165, 1.54) is 6.07 Å². The first-order chi connectivity index (χ1) is 8.66. The molecule has 0 unspecified atom stereocenters. The maximum atomic E-state index is 11.8. The molecule has 0 aromatic heterocycles. The number of halogens is 2. The van der Waals surface area contributed by atoms with Crippen LogP contribution in [0.3, 0.4) is 0 Å². The average Bonchev–Trinajstić information content (AvgIpc) is 2.39. The van der Waals surface area contributed by atoms with E-state index >= 15 is 0 Å². The minimum absolute atomic E-state index is 0. The molecule has 2 rings (SSSR count). The minimum Gasteiger partial charge on any atom is -0.322 e. The molecule has 0 spiro atoms. The third kappa shape index (κ3) is 4.38. The Morgan fingerprint density at radius 2 is 1.95 bits per heavy atom. The van der Waals surface area contributed by atoms with Crippen LogP contribution in [-0.2, 0) is 0 Å². The lowest BCUT2D eigenvalue weighted by Gasteiger charge is -2.27. The Kier molecular flexibility index (Phi) is 6.08. The molecule has 0 bridgehead atoms. The third-order valence-electron chi connectivity index (χ3n) is 2.71. The maximum absolute atomic E-state index is 11.8. The van der Waals surface area contributed by atoms with Crippen LogP contribution in [0.2, 0.25) is 5.02 Å². The predicted octanol–water partition coefficient (Wildman–Crippen LogP) is 1.52. The van der Waals surface area contributed by atoms with E-state index in [0.717, 1.165) is 13.1 Å². The molecule has 1 heterocycles. The van der Waals surface area contributed by atoms with Crippen molar-refractivity contribution in [2.45, 2.75) is 0 Å². The van der Waals surface area contributed by atoms with Gasteiger partial charge in [0.25, 0.3) is 5.91 Å². The Hall–Kier alpha value is -1.30. The highest BCUT2D eigenvalue weighted by Crippen LogP contribution is 2.10. The number of hydrogen-bond acceptors (Lipinski definition) is 3. The van der Waals surface area contributed by atoms with Gasteiger partial charge < -0.3 is 10.2 Å². The van der Waals surface area contributed by atoms with Gasteiger partial charge in [-0.1, -0.05) is 17.7 Å². The van der Waals surface area contributed by atoms with Gasteiger partial charge in [0.05, 0.1) is 0 Å². The first kappa shape index (κ1) is 15.8. The number of imide groups is 1. The summed E-state index contributed by atoms with van der Waals surface area (Å²) in [4.78, 5) is 25.2. The molecule has 0 saturated carbocycles. The predicted molar refractivity (Wildman–Crippen MR) is 76.0 cm³/mol. The summed E-state index contributed by atoms with van der Waals surface area (Å²) in [6.45, 7) is 2.71. The first-order valence-electron chi connectivity index (χ1n) is 5.73. The molecule has 7 heteroatoms. The van der Waals surface area contributed by atoms with E-state index in [1.807, 2.05) is 0 Å². The van der Waals surface area contributed by atoms with Gasteiger partial charge in [0, 0.05) is 36.8 Å². The standard InChI is InChI=1S/C12H14ClN3O2.ClH/c13-10-3-1-2-9(8-10)11(17)15-12(18)16-6-4-14-5-7-16;/h1-3,8,14H,4-7H2,(H,15,17,18);1H. The zero-order valence-electron chi connectivity index (χ0n) is 10.2. The Balaban J connectivity index is 0.00000180. The summed E-state index contributed by atoms with van der Waals surface area (Å²) in [6.07, 6.45) is 0. The maximum Gasteiger partial charge on any atom is 0.324 e. The molecular weight excluding hydrogens is 289 g/mol. The van der Waals surface area contributed by atoms with Crippen molar-refractivity contribution in [2.24, 2.45) is 0 Å². The van der Waals surface area contributed by atoms with Crippen LogP contribution in [0.5, 0.6) is 0 Å². The Labute approximate surface area is 122 Å². The van der Waals surface area contributed by atoms with Gasteiger partial charge in [-0.15, -0.1) is 12.4 Å². The summed E-state index contributed by atoms with van der Waals surface area (Å²) >= 11 is 5.79. The minimum atomic E-state index is -0.430. The van der Waals surface area contributed by atoms with Gasteiger partial charge in [-0.2, -0.15) is 0 Å². The topological polar surface area (TPSA) is 61.4 Å². The number of nitrogens with one attached hydrogen (secondary N) is 2. The molecular formula is C12H15Cl2N3O2. The summed E-state index contributed by atoms with van der Waals surface area (Å²) in [5, 5.41) is 5.96. The zero-order valence-corrected chi connectivity index (χ0v) is 11.8. The quantitative estimate of drug-likeness (QED) is 0.827. The van der Waals surface area contributed by atoms with Crippen molar-refractivity contribution in [2.75, 3.05) is 26.2 Å². The van der Waals surface area contributed by atoms with E-state index in [1.54, 1.807) is 23.1 Å². The van der Waals surface area contributed by atoms with Crippen LogP contribution in [0.15, 0.2) is 24.3 Å². The zero-order chi connectivity index (χ0) is 13.0. The van der Waals surface area contributed by atoms with Gasteiger partial charge in [-0.05, 0) is 18.2 Å². The van der Waals surface area contributed by atoms with Gasteiger partial charge in [0.2, 0.25) is 0 Å². The van der Waals surface area contributed by atoms with Crippen LogP contribution in [-0.4, -0.2) is 43.0 Å². The fraction of sp³-hybridized carbons (Fsp3) is 0.333. The molecule has 1 saturated heterocycles. The number of benzene rings is 1. The van der Waals surface area contributed by atoms with Crippen molar-refractivity contribution in [3.05, 3.63) is 34.9 Å². The average molecular weight is 304 g/mol. The summed E-state index contributed by atoms with van der Waals surface area (Å²) in [7, 11) is 0. The van der Waals surface area contributed by atoms with Crippen LogP contribution < -0.4 is 10.6 Å². The second kappa shape index (κ2) is 7.33. The second-order valence-electron chi connectivity index (χ2n) is 4.01. The number of piperazine rings is 1. The van der Waals surface area contributed by atoms with E-state index < -0.39 is 5.91 Å². The summed E-state index contributed by atoms with van der Waals surface area (Å²) in [5.74, 6) is -0.430. The van der Waals surface area contributed by atoms with Crippen LogP contribution in [0, 0.1) is 0 Å². The lowest BCUT2D eigenvalue weighted by Crippen LogP contribution is -2.51. The summed E-state index contributed by atoms with van der Waals surface area (Å²) < 4.78 is 0. The highest BCUT2D eigenvalue weighted by atomic mass is 35.5. The monoisotopic (exact) mass is 303 g/mol. The van der Waals surface area contributed by atoms with Crippen molar-refractivity contribution in [1.29, 1.82) is 0 Å². The third-order valence-corrected chi connectivity index (χ3v) is 2.95. The van der Waals surface area contributed by atoms with Crippen LogP contribution in [0.1, 0.15) is 10.4 Å². The summed E-state index contributed by atoms with van der Waals surface area (Å²) in [5.41, 5.74) is 0.381. The smallest absolute Gasteiger partial charge is 0.322 e. The molecule has 1 aromatic carbocycles. The van der Waals surface area contributed by atoms with E-state index in [4.69, 9.17) is 11.6 Å². The molecule has 3 amide bonds. The number of carbonyl (C=O) groups excluding carboxylic acids is 2. The molecule has 0 radical (unpaired) electrons. The van der Waals surface area contributed by atoms with E-state index in [9.17, 15) is 9.59 Å². The molecule has 5 nitrogen and oxygen atoms in total. The first-order valence-corrected chi connectivity index (χ1v) is 6.11. The molecule has 19 heavy (non-hydrogen) atoms. The molecule has 1 fully saturated rings. The van der Waals surface area contributed by atoms with Gasteiger partial charge in [0.1, 0.15) is 0 Å². The van der Waals surface area contributed by atoms with Gasteiger partial charge in [-0.25, -0.2) is 4.79 Å². The molecule has 0 atom stereocenters. The van der Waals surface area contributed by atoms with E-state index in [0.29, 0.717) is 23.7 Å². The SMILES string of the molecule is Cl.O=C(NC(=O)N1CCNCC1)c1cccc(Cl)c1. The van der Waals surface area contributed by atoms with Crippen LogP contribution in [0.4, 0.5) is 4.79 Å². The lowest BCUT2D eigenvalue weighted by molar-refractivity contribution is 0.0950. The Morgan fingerprint density at radius 1 is 1.26 bits per heavy atom. The number of hydrogen-bond donors (Lipinski definition) is 2. The van der Waals surface area contributed by atoms with Crippen molar-refractivity contribution in [3.8, 4) is 0 Å². The number of urea groups is 1. The molecule has 1 aliphatic heterocycles. The van der Waals surface area contributed by atoms with Crippen LogP contribution >= 0.6 is 24.0 Å². The molecule has 1 aliphatic rings.